The number of imidazole rings is 1. The number of nitrogens with zero attached hydrogens (tertiary/aromatic N) is 3. The Bertz CT molecular complexity index is 933. The standard InChI is InChI=1S/C19H25ClN4O2S/c1-22-18(20)13-21-19(22)14-23-8-10-24(11-9-23)27(25,26)17-7-6-15-4-2-3-5-16(15)12-17/h6-7,12-13H,2-5,8-11,14H2,1H3/p+1. The van der Waals surface area contributed by atoms with E-state index in [2.05, 4.69) is 4.98 Å². The van der Waals surface area contributed by atoms with Crippen molar-refractivity contribution in [2.75, 3.05) is 26.2 Å². The van der Waals surface area contributed by atoms with E-state index < -0.39 is 10.0 Å². The predicted molar refractivity (Wildman–Crippen MR) is 104 cm³/mol. The maximum absolute atomic E-state index is 13.1. The Morgan fingerprint density at radius 1 is 1.15 bits per heavy atom. The highest BCUT2D eigenvalue weighted by Crippen LogP contribution is 2.25. The Balaban J connectivity index is 1.43. The van der Waals surface area contributed by atoms with Crippen LogP contribution in [0.3, 0.4) is 0 Å². The molecule has 8 heteroatoms. The molecule has 0 unspecified atom stereocenters. The van der Waals surface area contributed by atoms with Crippen molar-refractivity contribution in [1.82, 2.24) is 13.9 Å². The molecule has 4 rings (SSSR count). The van der Waals surface area contributed by atoms with Crippen molar-refractivity contribution in [3.63, 3.8) is 0 Å². The van der Waals surface area contributed by atoms with Gasteiger partial charge in [-0.15, -0.1) is 0 Å². The lowest BCUT2D eigenvalue weighted by Crippen LogP contribution is -3.13. The molecular formula is C19H26ClN4O2S+. The van der Waals surface area contributed by atoms with Crippen molar-refractivity contribution in [2.24, 2.45) is 7.05 Å². The van der Waals surface area contributed by atoms with Crippen LogP contribution in [0.2, 0.25) is 5.15 Å². The Kier molecular flexibility index (Phi) is 5.29. The van der Waals surface area contributed by atoms with Crippen molar-refractivity contribution >= 4 is 21.6 Å². The SMILES string of the molecule is Cn1c(Cl)cnc1C[NH+]1CCN(S(=O)(=O)c2ccc3c(c2)CCCC3)CC1. The van der Waals surface area contributed by atoms with Gasteiger partial charge in [0.15, 0.2) is 5.82 Å². The van der Waals surface area contributed by atoms with Crippen LogP contribution in [-0.2, 0) is 36.5 Å². The van der Waals surface area contributed by atoms with Crippen LogP contribution >= 0.6 is 11.6 Å². The van der Waals surface area contributed by atoms with Gasteiger partial charge < -0.3 is 9.47 Å². The Labute approximate surface area is 165 Å². The van der Waals surface area contributed by atoms with Crippen LogP contribution in [0.5, 0.6) is 0 Å². The summed E-state index contributed by atoms with van der Waals surface area (Å²) in [6.07, 6.45) is 6.06. The molecule has 6 nitrogen and oxygen atoms in total. The Hall–Kier alpha value is -1.41. The zero-order valence-corrected chi connectivity index (χ0v) is 17.2. The van der Waals surface area contributed by atoms with E-state index >= 15 is 0 Å². The van der Waals surface area contributed by atoms with Crippen LogP contribution in [-0.4, -0.2) is 48.5 Å². The average molecular weight is 410 g/mol. The molecule has 0 atom stereocenters. The number of fused-ring (bicyclic) bond motifs is 1. The van der Waals surface area contributed by atoms with Gasteiger partial charge >= 0.3 is 0 Å². The highest BCUT2D eigenvalue weighted by Gasteiger charge is 2.31. The maximum atomic E-state index is 13.1. The third-order valence-corrected chi connectivity index (χ3v) is 8.07. The molecule has 1 aromatic carbocycles. The summed E-state index contributed by atoms with van der Waals surface area (Å²) in [6.45, 7) is 3.37. The monoisotopic (exact) mass is 409 g/mol. The first-order chi connectivity index (χ1) is 12.9. The van der Waals surface area contributed by atoms with Crippen molar-refractivity contribution in [3.05, 3.63) is 46.5 Å². The lowest BCUT2D eigenvalue weighted by atomic mass is 9.92. The summed E-state index contributed by atoms with van der Waals surface area (Å²) >= 11 is 6.05. The van der Waals surface area contributed by atoms with Gasteiger partial charge in [0.25, 0.3) is 0 Å². The fourth-order valence-electron chi connectivity index (χ4n) is 4.05. The van der Waals surface area contributed by atoms with Gasteiger partial charge in [-0.25, -0.2) is 13.4 Å². The van der Waals surface area contributed by atoms with Gasteiger partial charge in [0.1, 0.15) is 11.7 Å². The fourth-order valence-corrected chi connectivity index (χ4v) is 5.69. The van der Waals surface area contributed by atoms with E-state index in [1.54, 1.807) is 16.6 Å². The lowest BCUT2D eigenvalue weighted by Gasteiger charge is -2.31. The molecular weight excluding hydrogens is 384 g/mol. The maximum Gasteiger partial charge on any atom is 0.243 e. The summed E-state index contributed by atoms with van der Waals surface area (Å²) < 4.78 is 29.7. The van der Waals surface area contributed by atoms with Crippen LogP contribution in [0.4, 0.5) is 0 Å². The molecule has 1 aliphatic carbocycles. The molecule has 0 bridgehead atoms. The smallest absolute Gasteiger partial charge is 0.243 e. The summed E-state index contributed by atoms with van der Waals surface area (Å²) in [4.78, 5) is 6.12. The quantitative estimate of drug-likeness (QED) is 0.820. The summed E-state index contributed by atoms with van der Waals surface area (Å²) in [5.74, 6) is 0.931. The molecule has 2 aliphatic rings. The molecule has 0 amide bonds. The van der Waals surface area contributed by atoms with Crippen LogP contribution in [0.1, 0.15) is 29.8 Å². The molecule has 27 heavy (non-hydrogen) atoms. The third-order valence-electron chi connectivity index (χ3n) is 5.82. The number of nitrogens with one attached hydrogen (secondary N) is 1. The number of quaternary nitrogens is 1. The molecule has 1 aromatic heterocycles. The summed E-state index contributed by atoms with van der Waals surface area (Å²) in [5.41, 5.74) is 2.52. The largest absolute Gasteiger partial charge is 0.326 e. The summed E-state index contributed by atoms with van der Waals surface area (Å²) in [6, 6.07) is 5.70. The average Bonchev–Trinajstić information content (AvgIpc) is 3.00. The molecule has 1 aliphatic heterocycles. The van der Waals surface area contributed by atoms with Gasteiger partial charge in [0.2, 0.25) is 10.0 Å². The van der Waals surface area contributed by atoms with E-state index in [-0.39, 0.29) is 0 Å². The molecule has 146 valence electrons. The first-order valence-electron chi connectivity index (χ1n) is 9.57. The van der Waals surface area contributed by atoms with Gasteiger partial charge in [-0.3, -0.25) is 0 Å². The molecule has 2 aromatic rings. The van der Waals surface area contributed by atoms with E-state index in [0.717, 1.165) is 44.7 Å². The minimum atomic E-state index is -3.42. The predicted octanol–water partition coefficient (Wildman–Crippen LogP) is 1.04. The number of aryl methyl sites for hydroxylation is 2. The van der Waals surface area contributed by atoms with Gasteiger partial charge in [0, 0.05) is 7.05 Å². The van der Waals surface area contributed by atoms with Crippen LogP contribution in [0.15, 0.2) is 29.3 Å². The minimum absolute atomic E-state index is 0.447. The van der Waals surface area contributed by atoms with Gasteiger partial charge in [-0.05, 0) is 48.9 Å². The van der Waals surface area contributed by atoms with Crippen LogP contribution < -0.4 is 4.90 Å². The first kappa shape index (κ1) is 18.9. The number of hydrogen-bond donors (Lipinski definition) is 1. The molecule has 1 N–H and O–H groups in total. The number of sulfonamides is 1. The number of hydrogen-bond acceptors (Lipinski definition) is 3. The Morgan fingerprint density at radius 2 is 1.85 bits per heavy atom. The number of benzene rings is 1. The third kappa shape index (κ3) is 3.78. The van der Waals surface area contributed by atoms with Crippen LogP contribution in [0.25, 0.3) is 0 Å². The highest BCUT2D eigenvalue weighted by molar-refractivity contribution is 7.89. The normalized spacial score (nSPS) is 19.2. The molecule has 0 radical (unpaired) electrons. The Morgan fingerprint density at radius 3 is 2.52 bits per heavy atom. The van der Waals surface area contributed by atoms with Crippen molar-refractivity contribution in [3.8, 4) is 0 Å². The van der Waals surface area contributed by atoms with E-state index in [9.17, 15) is 8.42 Å². The second-order valence-corrected chi connectivity index (χ2v) is 9.85. The number of halogens is 1. The first-order valence-corrected chi connectivity index (χ1v) is 11.4. The second-order valence-electron chi connectivity index (χ2n) is 7.52. The van der Waals surface area contributed by atoms with Gasteiger partial charge in [-0.2, -0.15) is 4.31 Å². The van der Waals surface area contributed by atoms with Crippen LogP contribution in [0, 0.1) is 0 Å². The van der Waals surface area contributed by atoms with Crippen molar-refractivity contribution in [2.45, 2.75) is 37.1 Å². The zero-order valence-electron chi connectivity index (χ0n) is 15.6. The molecule has 0 spiro atoms. The fraction of sp³-hybridized carbons (Fsp3) is 0.526. The highest BCUT2D eigenvalue weighted by atomic mass is 35.5. The number of aromatic nitrogens is 2. The van der Waals surface area contributed by atoms with Gasteiger partial charge in [0.05, 0.1) is 37.3 Å². The minimum Gasteiger partial charge on any atom is -0.326 e. The number of rotatable bonds is 4. The molecule has 0 saturated carbocycles. The summed E-state index contributed by atoms with van der Waals surface area (Å²) in [5, 5.41) is 0.623. The lowest BCUT2D eigenvalue weighted by molar-refractivity contribution is -0.918. The second kappa shape index (κ2) is 7.54. The molecule has 2 heterocycles. The van der Waals surface area contributed by atoms with E-state index in [1.165, 1.54) is 22.4 Å². The topological polar surface area (TPSA) is 59.6 Å². The molecule has 1 fully saturated rings. The van der Waals surface area contributed by atoms with Crippen molar-refractivity contribution in [1.29, 1.82) is 0 Å². The van der Waals surface area contributed by atoms with E-state index in [1.807, 2.05) is 23.7 Å². The zero-order chi connectivity index (χ0) is 19.0. The van der Waals surface area contributed by atoms with E-state index in [0.29, 0.717) is 23.1 Å². The number of piperazine rings is 1. The molecule has 1 saturated heterocycles. The van der Waals surface area contributed by atoms with E-state index in [4.69, 9.17) is 11.6 Å². The van der Waals surface area contributed by atoms with Gasteiger partial charge in [-0.1, -0.05) is 17.7 Å². The summed E-state index contributed by atoms with van der Waals surface area (Å²) in [7, 11) is -1.51. The van der Waals surface area contributed by atoms with Crippen molar-refractivity contribution < 1.29 is 13.3 Å².